The molecule has 2 saturated heterocycles. The molecule has 4 rings (SSSR count). The Morgan fingerprint density at radius 3 is 2.42 bits per heavy atom. The maximum absolute atomic E-state index is 13.1. The molecular formula is C28H36F3N3O2. The van der Waals surface area contributed by atoms with Gasteiger partial charge in [-0.3, -0.25) is 9.69 Å². The van der Waals surface area contributed by atoms with Crippen LogP contribution in [0.2, 0.25) is 0 Å². The van der Waals surface area contributed by atoms with Crippen LogP contribution in [0.1, 0.15) is 57.9 Å². The Morgan fingerprint density at radius 1 is 1.03 bits per heavy atom. The van der Waals surface area contributed by atoms with Gasteiger partial charge in [-0.15, -0.1) is 0 Å². The van der Waals surface area contributed by atoms with Gasteiger partial charge < -0.3 is 14.5 Å². The zero-order chi connectivity index (χ0) is 26.0. The molecule has 1 amide bonds. The van der Waals surface area contributed by atoms with Crippen LogP contribution in [0.25, 0.3) is 0 Å². The van der Waals surface area contributed by atoms with Gasteiger partial charge in [0.15, 0.2) is 0 Å². The zero-order valence-corrected chi connectivity index (χ0v) is 21.6. The fraction of sp³-hybridized carbons (Fsp3) is 0.536. The highest BCUT2D eigenvalue weighted by molar-refractivity contribution is 5.94. The van der Waals surface area contributed by atoms with Gasteiger partial charge in [0.25, 0.3) is 5.91 Å². The fourth-order valence-corrected chi connectivity index (χ4v) is 5.42. The normalized spacial score (nSPS) is 20.9. The van der Waals surface area contributed by atoms with E-state index in [2.05, 4.69) is 35.8 Å². The summed E-state index contributed by atoms with van der Waals surface area (Å²) >= 11 is 0. The van der Waals surface area contributed by atoms with E-state index in [0.29, 0.717) is 31.3 Å². The van der Waals surface area contributed by atoms with Crippen molar-refractivity contribution in [2.45, 2.75) is 51.4 Å². The van der Waals surface area contributed by atoms with E-state index in [1.165, 1.54) is 28.8 Å². The summed E-state index contributed by atoms with van der Waals surface area (Å²) < 4.78 is 44.7. The van der Waals surface area contributed by atoms with Crippen LogP contribution in [0.5, 0.6) is 5.75 Å². The predicted molar refractivity (Wildman–Crippen MR) is 134 cm³/mol. The molecule has 0 N–H and O–H groups in total. The van der Waals surface area contributed by atoms with Crippen LogP contribution in [0.3, 0.4) is 0 Å². The van der Waals surface area contributed by atoms with Gasteiger partial charge in [-0.1, -0.05) is 6.07 Å². The molecule has 36 heavy (non-hydrogen) atoms. The van der Waals surface area contributed by atoms with Crippen LogP contribution in [0, 0.1) is 13.8 Å². The van der Waals surface area contributed by atoms with Crippen molar-refractivity contribution in [3.8, 4) is 5.75 Å². The van der Waals surface area contributed by atoms with E-state index in [1.807, 2.05) is 14.1 Å². The number of piperidine rings is 1. The minimum absolute atomic E-state index is 0.197. The van der Waals surface area contributed by atoms with Crippen LogP contribution in [-0.2, 0) is 6.18 Å². The molecule has 2 fully saturated rings. The lowest BCUT2D eigenvalue weighted by Gasteiger charge is -2.49. The molecule has 8 heteroatoms. The number of piperazine rings is 1. The average molecular weight is 504 g/mol. The van der Waals surface area contributed by atoms with Crippen molar-refractivity contribution in [3.05, 3.63) is 64.2 Å². The summed E-state index contributed by atoms with van der Waals surface area (Å²) in [6.07, 6.45) is -1.24. The summed E-state index contributed by atoms with van der Waals surface area (Å²) in [6.45, 7) is 7.70. The maximum Gasteiger partial charge on any atom is 0.416 e. The smallest absolute Gasteiger partial charge is 0.416 e. The molecule has 2 heterocycles. The molecule has 0 aliphatic carbocycles. The average Bonchev–Trinajstić information content (AvgIpc) is 2.85. The van der Waals surface area contributed by atoms with E-state index in [9.17, 15) is 18.0 Å². The molecule has 2 aliphatic rings. The van der Waals surface area contributed by atoms with Crippen molar-refractivity contribution in [2.75, 3.05) is 46.9 Å². The van der Waals surface area contributed by atoms with Gasteiger partial charge in [0.05, 0.1) is 5.56 Å². The Hall–Kier alpha value is -2.58. The second-order valence-corrected chi connectivity index (χ2v) is 10.2. The fourth-order valence-electron chi connectivity index (χ4n) is 5.42. The summed E-state index contributed by atoms with van der Waals surface area (Å²) in [7, 11) is 4.06. The Bertz CT molecular complexity index is 1070. The number of likely N-dealkylation sites (N-methyl/N-ethyl adjacent to an activating group) is 1. The first-order chi connectivity index (χ1) is 17.1. The third-order valence-corrected chi connectivity index (χ3v) is 7.62. The van der Waals surface area contributed by atoms with E-state index in [1.54, 1.807) is 4.90 Å². The number of nitrogens with zero attached hydrogens (tertiary/aromatic N) is 3. The van der Waals surface area contributed by atoms with Gasteiger partial charge in [-0.2, -0.15) is 13.2 Å². The number of carbonyl (C=O) groups is 1. The third kappa shape index (κ3) is 5.70. The van der Waals surface area contributed by atoms with E-state index >= 15 is 0 Å². The van der Waals surface area contributed by atoms with Gasteiger partial charge in [0.2, 0.25) is 0 Å². The lowest BCUT2D eigenvalue weighted by atomic mass is 9.86. The third-order valence-electron chi connectivity index (χ3n) is 7.62. The van der Waals surface area contributed by atoms with E-state index in [4.69, 9.17) is 4.74 Å². The quantitative estimate of drug-likeness (QED) is 0.535. The number of fused-ring (bicyclic) bond motifs is 1. The zero-order valence-electron chi connectivity index (χ0n) is 21.6. The van der Waals surface area contributed by atoms with Gasteiger partial charge >= 0.3 is 6.18 Å². The van der Waals surface area contributed by atoms with E-state index in [-0.39, 0.29) is 11.9 Å². The Balaban J connectivity index is 1.44. The first-order valence-electron chi connectivity index (χ1n) is 12.7. The number of alkyl halides is 3. The van der Waals surface area contributed by atoms with Gasteiger partial charge in [-0.05, 0) is 94.2 Å². The maximum atomic E-state index is 13.1. The molecule has 5 nitrogen and oxygen atoms in total. The molecule has 0 bridgehead atoms. The number of halogens is 3. The van der Waals surface area contributed by atoms with Crippen molar-refractivity contribution in [1.29, 1.82) is 0 Å². The Morgan fingerprint density at radius 2 is 1.75 bits per heavy atom. The molecule has 0 radical (unpaired) electrons. The lowest BCUT2D eigenvalue weighted by Crippen LogP contribution is -2.57. The predicted octanol–water partition coefficient (Wildman–Crippen LogP) is 5.31. The molecule has 2 atom stereocenters. The standard InChI is InChI=1S/C28H36F3N3O2/c1-19-20(2)26(36-17-16-32(3)4)13-12-24(19)25-7-5-6-23-18-33(14-15-34(23)25)27(35)21-8-10-22(11-9-21)28(29,30)31/h8-13,23,25H,5-7,14-18H2,1-4H3/t23-,25?/m0/s1. The highest BCUT2D eigenvalue weighted by Crippen LogP contribution is 2.39. The van der Waals surface area contributed by atoms with E-state index in [0.717, 1.165) is 50.2 Å². The SMILES string of the molecule is Cc1c(OCCN(C)C)ccc(C2CCC[C@H]3CN(C(=O)c4ccc(C(F)(F)F)cc4)CCN23)c1C. The topological polar surface area (TPSA) is 36.0 Å². The first kappa shape index (κ1) is 26.5. The minimum atomic E-state index is -4.41. The number of carbonyl (C=O) groups excluding carboxylic acids is 1. The number of rotatable bonds is 6. The molecule has 2 aliphatic heterocycles. The van der Waals surface area contributed by atoms with Crippen LogP contribution >= 0.6 is 0 Å². The number of ether oxygens (including phenoxy) is 1. The molecule has 0 spiro atoms. The van der Waals surface area contributed by atoms with Crippen LogP contribution in [-0.4, -0.2) is 73.5 Å². The van der Waals surface area contributed by atoms with Gasteiger partial charge in [-0.25, -0.2) is 0 Å². The second kappa shape index (κ2) is 10.8. The molecule has 1 unspecified atom stereocenters. The second-order valence-electron chi connectivity index (χ2n) is 10.2. The molecule has 0 aromatic heterocycles. The summed E-state index contributed by atoms with van der Waals surface area (Å²) in [5, 5.41) is 0. The van der Waals surface area contributed by atoms with Crippen molar-refractivity contribution in [1.82, 2.24) is 14.7 Å². The van der Waals surface area contributed by atoms with Crippen molar-refractivity contribution >= 4 is 5.91 Å². The molecule has 196 valence electrons. The highest BCUT2D eigenvalue weighted by Gasteiger charge is 2.38. The minimum Gasteiger partial charge on any atom is -0.492 e. The molecule has 0 saturated carbocycles. The largest absolute Gasteiger partial charge is 0.492 e. The summed E-state index contributed by atoms with van der Waals surface area (Å²) in [6, 6.07) is 9.36. The van der Waals surface area contributed by atoms with Crippen molar-refractivity contribution in [2.24, 2.45) is 0 Å². The van der Waals surface area contributed by atoms with Crippen LogP contribution in [0.4, 0.5) is 13.2 Å². The molecular weight excluding hydrogens is 467 g/mol. The molecule has 2 aromatic carbocycles. The molecule has 2 aromatic rings. The van der Waals surface area contributed by atoms with Crippen LogP contribution < -0.4 is 4.74 Å². The van der Waals surface area contributed by atoms with E-state index < -0.39 is 11.7 Å². The Kier molecular flexibility index (Phi) is 7.95. The summed E-state index contributed by atoms with van der Waals surface area (Å²) in [5.74, 6) is 0.731. The first-order valence-corrected chi connectivity index (χ1v) is 12.7. The number of hydrogen-bond donors (Lipinski definition) is 0. The number of amides is 1. The van der Waals surface area contributed by atoms with Gasteiger partial charge in [0, 0.05) is 43.8 Å². The van der Waals surface area contributed by atoms with Crippen molar-refractivity contribution < 1.29 is 22.7 Å². The number of hydrogen-bond acceptors (Lipinski definition) is 4. The number of benzene rings is 2. The van der Waals surface area contributed by atoms with Crippen molar-refractivity contribution in [3.63, 3.8) is 0 Å². The lowest BCUT2D eigenvalue weighted by molar-refractivity contribution is -0.137. The monoisotopic (exact) mass is 503 g/mol. The highest BCUT2D eigenvalue weighted by atomic mass is 19.4. The summed E-state index contributed by atoms with van der Waals surface area (Å²) in [5.41, 5.74) is 3.31. The van der Waals surface area contributed by atoms with Gasteiger partial charge in [0.1, 0.15) is 12.4 Å². The summed E-state index contributed by atoms with van der Waals surface area (Å²) in [4.78, 5) is 19.5. The van der Waals surface area contributed by atoms with Crippen LogP contribution in [0.15, 0.2) is 36.4 Å². The Labute approximate surface area is 211 Å².